The summed E-state index contributed by atoms with van der Waals surface area (Å²) in [5.41, 5.74) is -1.44. The maximum atomic E-state index is 14.9. The highest BCUT2D eigenvalue weighted by Gasteiger charge is 2.73. The number of aliphatic hydroxyl groups excluding tert-OH is 7. The van der Waals surface area contributed by atoms with E-state index in [9.17, 15) is 45.3 Å². The molecule has 2 saturated heterocycles. The molecular formula is C42H64O14. The number of Topliss-reactive ketones (excluding diaryl/α,β-unsaturated/α-hetero) is 1. The summed E-state index contributed by atoms with van der Waals surface area (Å²) < 4.78 is 30.4. The quantitative estimate of drug-likeness (QED) is 0.182. The number of aliphatic hydroxyl groups is 7. The van der Waals surface area contributed by atoms with E-state index in [2.05, 4.69) is 26.8 Å². The first-order valence-corrected chi connectivity index (χ1v) is 20.6. The number of fused-ring (bicyclic) bond motifs is 5. The van der Waals surface area contributed by atoms with Crippen molar-refractivity contribution in [3.63, 3.8) is 0 Å². The minimum atomic E-state index is -1.69. The first-order chi connectivity index (χ1) is 26.1. The molecule has 14 nitrogen and oxygen atoms in total. The molecule has 0 aromatic carbocycles. The molecule has 316 valence electrons. The van der Waals surface area contributed by atoms with Crippen LogP contribution in [0.4, 0.5) is 0 Å². The van der Waals surface area contributed by atoms with Gasteiger partial charge in [-0.05, 0) is 55.3 Å². The van der Waals surface area contributed by atoms with Crippen molar-refractivity contribution in [3.8, 4) is 0 Å². The average molecular weight is 793 g/mol. The fourth-order valence-electron chi connectivity index (χ4n) is 12.4. The Hall–Kier alpha value is -1.82. The average Bonchev–Trinajstić information content (AvgIpc) is 3.33. The SMILES string of the molecule is CC(C)C1=CC(=O)[C@H]([C@H]2[C@H](O)C[C@@]3(C)[C@@H]4CC=C5[C@@H](CC[C@@H](O[C@@H]6O[C@H](CO)[C@@H](O)[C@H](O)[C@H]6O[C@@H]6O[C@@H](C)[C@H](O)[C@@H](O)[C@H]6O)C5(C)C)[C@]4(C)C(=O)C[C@]23C)CO1. The Morgan fingerprint density at radius 2 is 1.55 bits per heavy atom. The summed E-state index contributed by atoms with van der Waals surface area (Å²) in [6.45, 7) is 15.5. The van der Waals surface area contributed by atoms with E-state index in [1.54, 1.807) is 6.08 Å². The van der Waals surface area contributed by atoms with E-state index < -0.39 is 114 Å². The second-order valence-electron chi connectivity index (χ2n) is 19.4. The predicted molar refractivity (Wildman–Crippen MR) is 198 cm³/mol. The maximum Gasteiger partial charge on any atom is 0.187 e. The summed E-state index contributed by atoms with van der Waals surface area (Å²) in [6, 6.07) is 0. The second kappa shape index (κ2) is 14.7. The number of carbonyl (C=O) groups excluding carboxylic acids is 2. The molecule has 0 unspecified atom stereocenters. The summed E-state index contributed by atoms with van der Waals surface area (Å²) in [5.74, 6) is -0.377. The zero-order valence-electron chi connectivity index (χ0n) is 33.9. The molecule has 0 aromatic rings. The van der Waals surface area contributed by atoms with Crippen LogP contribution >= 0.6 is 0 Å². The van der Waals surface area contributed by atoms with Crippen LogP contribution in [-0.2, 0) is 33.3 Å². The highest BCUT2D eigenvalue weighted by atomic mass is 16.8. The van der Waals surface area contributed by atoms with E-state index in [1.165, 1.54) is 6.92 Å². The smallest absolute Gasteiger partial charge is 0.187 e. The molecule has 0 amide bonds. The van der Waals surface area contributed by atoms with Gasteiger partial charge in [-0.1, -0.05) is 60.1 Å². The van der Waals surface area contributed by atoms with Gasteiger partial charge in [0.1, 0.15) is 54.3 Å². The van der Waals surface area contributed by atoms with Gasteiger partial charge in [0.2, 0.25) is 0 Å². The Bertz CT molecular complexity index is 1590. The first kappa shape index (κ1) is 42.3. The lowest BCUT2D eigenvalue weighted by atomic mass is 9.38. The third-order valence-electron chi connectivity index (χ3n) is 16.0. The molecule has 7 rings (SSSR count). The van der Waals surface area contributed by atoms with Crippen molar-refractivity contribution < 1.29 is 69.0 Å². The summed E-state index contributed by atoms with van der Waals surface area (Å²) in [5, 5.41) is 75.2. The minimum Gasteiger partial charge on any atom is -0.497 e. The van der Waals surface area contributed by atoms with Gasteiger partial charge in [-0.3, -0.25) is 9.59 Å². The number of carbonyl (C=O) groups is 2. The van der Waals surface area contributed by atoms with Crippen molar-refractivity contribution in [2.75, 3.05) is 13.2 Å². The fraction of sp³-hybridized carbons (Fsp3) is 0.857. The lowest BCUT2D eigenvalue weighted by Gasteiger charge is -2.64. The van der Waals surface area contributed by atoms with Crippen molar-refractivity contribution in [2.45, 2.75) is 161 Å². The van der Waals surface area contributed by atoms with E-state index >= 15 is 0 Å². The highest BCUT2D eigenvalue weighted by Crippen LogP contribution is 2.74. The lowest BCUT2D eigenvalue weighted by Crippen LogP contribution is -2.65. The summed E-state index contributed by atoms with van der Waals surface area (Å²) in [4.78, 5) is 28.5. The van der Waals surface area contributed by atoms with Gasteiger partial charge in [0.15, 0.2) is 18.4 Å². The Balaban J connectivity index is 1.15. The van der Waals surface area contributed by atoms with E-state index in [4.69, 9.17) is 23.7 Å². The fourth-order valence-corrected chi connectivity index (χ4v) is 12.4. The molecule has 3 heterocycles. The molecule has 7 aliphatic rings. The van der Waals surface area contributed by atoms with Crippen molar-refractivity contribution in [1.82, 2.24) is 0 Å². The maximum absolute atomic E-state index is 14.9. The van der Waals surface area contributed by atoms with Gasteiger partial charge in [0.25, 0.3) is 0 Å². The van der Waals surface area contributed by atoms with Crippen molar-refractivity contribution in [1.29, 1.82) is 0 Å². The first-order valence-electron chi connectivity index (χ1n) is 20.6. The molecule has 0 aromatic heterocycles. The summed E-state index contributed by atoms with van der Waals surface area (Å²) in [6.07, 6.45) is -9.40. The molecule has 19 atom stereocenters. The monoisotopic (exact) mass is 792 g/mol. The summed E-state index contributed by atoms with van der Waals surface area (Å²) >= 11 is 0. The van der Waals surface area contributed by atoms with Crippen LogP contribution in [0.15, 0.2) is 23.5 Å². The number of allylic oxidation sites excluding steroid dienone is 3. The van der Waals surface area contributed by atoms with Gasteiger partial charge in [-0.25, -0.2) is 0 Å². The molecule has 7 N–H and O–H groups in total. The zero-order valence-corrected chi connectivity index (χ0v) is 33.9. The lowest BCUT2D eigenvalue weighted by molar-refractivity contribution is -0.372. The molecule has 3 saturated carbocycles. The number of ketones is 2. The number of rotatable bonds is 7. The zero-order chi connectivity index (χ0) is 41.0. The topological polar surface area (TPSA) is 222 Å². The van der Waals surface area contributed by atoms with E-state index in [0.717, 1.165) is 5.57 Å². The van der Waals surface area contributed by atoms with Gasteiger partial charge >= 0.3 is 0 Å². The van der Waals surface area contributed by atoms with Crippen LogP contribution in [0.5, 0.6) is 0 Å². The van der Waals surface area contributed by atoms with Crippen LogP contribution in [0, 0.1) is 51.2 Å². The molecule has 0 spiro atoms. The van der Waals surface area contributed by atoms with Crippen LogP contribution < -0.4 is 0 Å². The molecule has 5 fully saturated rings. The van der Waals surface area contributed by atoms with E-state index in [0.29, 0.717) is 31.4 Å². The molecule has 3 aliphatic heterocycles. The second-order valence-corrected chi connectivity index (χ2v) is 19.4. The van der Waals surface area contributed by atoms with Gasteiger partial charge in [0, 0.05) is 35.2 Å². The van der Waals surface area contributed by atoms with Gasteiger partial charge in [-0.15, -0.1) is 0 Å². The molecule has 0 bridgehead atoms. The van der Waals surface area contributed by atoms with Crippen molar-refractivity contribution in [3.05, 3.63) is 23.5 Å². The van der Waals surface area contributed by atoms with Crippen LogP contribution in [0.1, 0.15) is 87.5 Å². The van der Waals surface area contributed by atoms with Gasteiger partial charge < -0.3 is 59.4 Å². The number of hydrogen-bond acceptors (Lipinski definition) is 14. The Kier molecular flexibility index (Phi) is 11.1. The molecular weight excluding hydrogens is 728 g/mol. The number of hydrogen-bond donors (Lipinski definition) is 7. The molecule has 14 heteroatoms. The van der Waals surface area contributed by atoms with Crippen LogP contribution in [-0.4, -0.2) is 134 Å². The Morgan fingerprint density at radius 3 is 2.20 bits per heavy atom. The van der Waals surface area contributed by atoms with Crippen molar-refractivity contribution in [2.24, 2.45) is 51.2 Å². The Morgan fingerprint density at radius 1 is 0.857 bits per heavy atom. The van der Waals surface area contributed by atoms with Gasteiger partial charge in [0.05, 0.1) is 37.4 Å². The molecule has 4 aliphatic carbocycles. The normalized spacial score (nSPS) is 51.7. The molecule has 56 heavy (non-hydrogen) atoms. The largest absolute Gasteiger partial charge is 0.497 e. The molecule has 0 radical (unpaired) electrons. The number of ether oxygens (including phenoxy) is 5. The highest BCUT2D eigenvalue weighted by molar-refractivity contribution is 5.94. The van der Waals surface area contributed by atoms with Crippen LogP contribution in [0.25, 0.3) is 0 Å². The third kappa shape index (κ3) is 6.22. The van der Waals surface area contributed by atoms with Crippen molar-refractivity contribution >= 4 is 11.6 Å². The van der Waals surface area contributed by atoms with E-state index in [1.807, 2.05) is 27.7 Å². The van der Waals surface area contributed by atoms with E-state index in [-0.39, 0.29) is 42.3 Å². The standard InChI is InChI=1S/C42H64O14/c1-18(2)25-13-23(44)20(17-52-25)30-24(45)14-40(6)27-11-9-21-22(42(27,8)28(46)15-41(30,40)7)10-12-29(39(21,4)5)55-38-36(34(50)32(48)26(16-43)54-38)56-37-35(51)33(49)31(47)19(3)53-37/h9,13,18-20,22,24,26-27,29-38,43,45,47-51H,10-12,14-17H2,1-8H3/t19-,20+,22+,24+,26+,27-,29+,30-,31-,32+,33+,34-,35+,36+,37-,38-,40-,41+,42-/m0/s1. The summed E-state index contributed by atoms with van der Waals surface area (Å²) in [7, 11) is 0. The Labute approximate surface area is 329 Å². The van der Waals surface area contributed by atoms with Gasteiger partial charge in [-0.2, -0.15) is 0 Å². The minimum absolute atomic E-state index is 0.0449. The van der Waals surface area contributed by atoms with Crippen LogP contribution in [0.2, 0.25) is 0 Å². The predicted octanol–water partition coefficient (Wildman–Crippen LogP) is 1.53. The van der Waals surface area contributed by atoms with Crippen LogP contribution in [0.3, 0.4) is 0 Å². The third-order valence-corrected chi connectivity index (χ3v) is 16.0.